The third-order valence-electron chi connectivity index (χ3n) is 3.07. The lowest BCUT2D eigenvalue weighted by Gasteiger charge is -2.23. The lowest BCUT2D eigenvalue weighted by Crippen LogP contribution is -2.43. The summed E-state index contributed by atoms with van der Waals surface area (Å²) in [7, 11) is 0. The zero-order valence-corrected chi connectivity index (χ0v) is 10.7. The predicted molar refractivity (Wildman–Crippen MR) is 71.9 cm³/mol. The first-order valence-electron chi connectivity index (χ1n) is 6.57. The number of nitrogens with one attached hydrogen (secondary N) is 2. The van der Waals surface area contributed by atoms with E-state index in [0.717, 1.165) is 37.2 Å². The summed E-state index contributed by atoms with van der Waals surface area (Å²) in [5, 5.41) is 6.18. The number of carbonyl (C=O) groups excluding carboxylic acids is 1. The Hall–Kier alpha value is -1.55. The molecule has 2 N–H and O–H groups in total. The van der Waals surface area contributed by atoms with Gasteiger partial charge in [-0.2, -0.15) is 0 Å². The summed E-state index contributed by atoms with van der Waals surface area (Å²) in [5.41, 5.74) is 0.747. The lowest BCUT2D eigenvalue weighted by atomic mass is 10.0. The van der Waals surface area contributed by atoms with Crippen LogP contribution in [-0.4, -0.2) is 25.1 Å². The molecule has 1 unspecified atom stereocenters. The van der Waals surface area contributed by atoms with Gasteiger partial charge in [0, 0.05) is 0 Å². The zero-order chi connectivity index (χ0) is 12.8. The smallest absolute Gasteiger partial charge is 0.241 e. The van der Waals surface area contributed by atoms with Crippen LogP contribution in [0.4, 0.5) is 5.69 Å². The van der Waals surface area contributed by atoms with Crippen LogP contribution in [0.1, 0.15) is 26.2 Å². The molecule has 0 radical (unpaired) electrons. The highest BCUT2D eigenvalue weighted by Crippen LogP contribution is 2.24. The molecule has 1 fully saturated rings. The Kier molecular flexibility index (Phi) is 4.59. The minimum absolute atomic E-state index is 0.0295. The summed E-state index contributed by atoms with van der Waals surface area (Å²) < 4.78 is 5.49. The molecule has 4 nitrogen and oxygen atoms in total. The Morgan fingerprint density at radius 1 is 1.44 bits per heavy atom. The number of amides is 1. The molecule has 98 valence electrons. The minimum atomic E-state index is -0.0755. The molecule has 1 aromatic carbocycles. The SMILES string of the molecule is CCOc1ccccc1NC(=O)C1CCCCN1. The highest BCUT2D eigenvalue weighted by atomic mass is 16.5. The summed E-state index contributed by atoms with van der Waals surface area (Å²) in [5.74, 6) is 0.756. The maximum atomic E-state index is 12.1. The number of carbonyl (C=O) groups is 1. The summed E-state index contributed by atoms with van der Waals surface area (Å²) in [6.45, 7) is 3.45. The third kappa shape index (κ3) is 3.23. The van der Waals surface area contributed by atoms with E-state index in [4.69, 9.17) is 4.74 Å². The van der Waals surface area contributed by atoms with Gasteiger partial charge in [0.1, 0.15) is 5.75 Å². The molecule has 0 aliphatic carbocycles. The van der Waals surface area contributed by atoms with Gasteiger partial charge < -0.3 is 15.4 Å². The van der Waals surface area contributed by atoms with E-state index in [-0.39, 0.29) is 11.9 Å². The molecule has 1 amide bonds. The van der Waals surface area contributed by atoms with Gasteiger partial charge in [-0.25, -0.2) is 0 Å². The summed E-state index contributed by atoms with van der Waals surface area (Å²) >= 11 is 0. The number of ether oxygens (including phenoxy) is 1. The van der Waals surface area contributed by atoms with Crippen LogP contribution >= 0.6 is 0 Å². The van der Waals surface area contributed by atoms with Gasteiger partial charge in [-0.3, -0.25) is 4.79 Å². The summed E-state index contributed by atoms with van der Waals surface area (Å²) in [6, 6.07) is 7.46. The quantitative estimate of drug-likeness (QED) is 0.858. The number of hydrogen-bond donors (Lipinski definition) is 2. The van der Waals surface area contributed by atoms with Crippen molar-refractivity contribution in [2.75, 3.05) is 18.5 Å². The molecule has 2 rings (SSSR count). The highest BCUT2D eigenvalue weighted by Gasteiger charge is 2.21. The maximum absolute atomic E-state index is 12.1. The molecular formula is C14H20N2O2. The molecule has 0 spiro atoms. The van der Waals surface area contributed by atoms with Crippen molar-refractivity contribution in [2.45, 2.75) is 32.2 Å². The fraction of sp³-hybridized carbons (Fsp3) is 0.500. The molecule has 0 bridgehead atoms. The monoisotopic (exact) mass is 248 g/mol. The molecule has 18 heavy (non-hydrogen) atoms. The third-order valence-corrected chi connectivity index (χ3v) is 3.07. The van der Waals surface area contributed by atoms with Crippen molar-refractivity contribution >= 4 is 11.6 Å². The molecule has 1 atom stereocenters. The average molecular weight is 248 g/mol. The molecule has 1 aromatic rings. The fourth-order valence-corrected chi connectivity index (χ4v) is 2.15. The second-order valence-corrected chi connectivity index (χ2v) is 4.42. The molecule has 1 saturated heterocycles. The van der Waals surface area contributed by atoms with Crippen LogP contribution in [0, 0.1) is 0 Å². The Morgan fingerprint density at radius 2 is 2.28 bits per heavy atom. The van der Waals surface area contributed by atoms with Crippen LogP contribution in [0.25, 0.3) is 0 Å². The van der Waals surface area contributed by atoms with Crippen molar-refractivity contribution < 1.29 is 9.53 Å². The molecule has 0 aromatic heterocycles. The number of hydrogen-bond acceptors (Lipinski definition) is 3. The largest absolute Gasteiger partial charge is 0.492 e. The first kappa shape index (κ1) is 12.9. The molecule has 1 aliphatic rings. The maximum Gasteiger partial charge on any atom is 0.241 e. The molecular weight excluding hydrogens is 228 g/mol. The Labute approximate surface area is 108 Å². The van der Waals surface area contributed by atoms with Crippen molar-refractivity contribution in [2.24, 2.45) is 0 Å². The van der Waals surface area contributed by atoms with E-state index in [0.29, 0.717) is 6.61 Å². The van der Waals surface area contributed by atoms with Gasteiger partial charge >= 0.3 is 0 Å². The highest BCUT2D eigenvalue weighted by molar-refractivity contribution is 5.96. The standard InChI is InChI=1S/C14H20N2O2/c1-2-18-13-9-4-3-7-11(13)16-14(17)12-8-5-6-10-15-12/h3-4,7,9,12,15H,2,5-6,8,10H2,1H3,(H,16,17). The fourth-order valence-electron chi connectivity index (χ4n) is 2.15. The number of anilines is 1. The summed E-state index contributed by atoms with van der Waals surface area (Å²) in [4.78, 5) is 12.1. The van der Waals surface area contributed by atoms with E-state index >= 15 is 0 Å². The number of rotatable bonds is 4. The molecule has 4 heteroatoms. The van der Waals surface area contributed by atoms with Gasteiger partial charge in [0.25, 0.3) is 0 Å². The van der Waals surface area contributed by atoms with Gasteiger partial charge in [-0.05, 0) is 38.4 Å². The minimum Gasteiger partial charge on any atom is -0.492 e. The van der Waals surface area contributed by atoms with Crippen LogP contribution in [0.15, 0.2) is 24.3 Å². The number of piperidine rings is 1. The Balaban J connectivity index is 2.01. The number of benzene rings is 1. The van der Waals surface area contributed by atoms with Gasteiger partial charge in [0.2, 0.25) is 5.91 Å². The first-order valence-corrected chi connectivity index (χ1v) is 6.57. The van der Waals surface area contributed by atoms with E-state index < -0.39 is 0 Å². The van der Waals surface area contributed by atoms with Crippen LogP contribution in [0.5, 0.6) is 5.75 Å². The van der Waals surface area contributed by atoms with E-state index in [1.54, 1.807) is 0 Å². The van der Waals surface area contributed by atoms with Crippen molar-refractivity contribution in [3.8, 4) is 5.75 Å². The lowest BCUT2D eigenvalue weighted by molar-refractivity contribution is -0.118. The van der Waals surface area contributed by atoms with Gasteiger partial charge in [-0.15, -0.1) is 0 Å². The van der Waals surface area contributed by atoms with Crippen molar-refractivity contribution in [3.05, 3.63) is 24.3 Å². The average Bonchev–Trinajstić information content (AvgIpc) is 2.42. The van der Waals surface area contributed by atoms with Crippen molar-refractivity contribution in [3.63, 3.8) is 0 Å². The van der Waals surface area contributed by atoms with Crippen LogP contribution in [0.3, 0.4) is 0 Å². The van der Waals surface area contributed by atoms with Gasteiger partial charge in [-0.1, -0.05) is 18.6 Å². The van der Waals surface area contributed by atoms with Gasteiger partial charge in [0.05, 0.1) is 18.3 Å². The normalized spacial score (nSPS) is 19.3. The van der Waals surface area contributed by atoms with E-state index in [1.807, 2.05) is 31.2 Å². The predicted octanol–water partition coefficient (Wildman–Crippen LogP) is 2.17. The van der Waals surface area contributed by atoms with Crippen molar-refractivity contribution in [1.29, 1.82) is 0 Å². The second-order valence-electron chi connectivity index (χ2n) is 4.42. The van der Waals surface area contributed by atoms with E-state index in [9.17, 15) is 4.79 Å². The Bertz CT molecular complexity index is 401. The van der Waals surface area contributed by atoms with Gasteiger partial charge in [0.15, 0.2) is 0 Å². The molecule has 0 saturated carbocycles. The summed E-state index contributed by atoms with van der Waals surface area (Å²) in [6.07, 6.45) is 3.17. The second kappa shape index (κ2) is 6.40. The van der Waals surface area contributed by atoms with Crippen LogP contribution < -0.4 is 15.4 Å². The van der Waals surface area contributed by atoms with Crippen molar-refractivity contribution in [1.82, 2.24) is 5.32 Å². The van der Waals surface area contributed by atoms with E-state index in [1.165, 1.54) is 0 Å². The molecule has 1 heterocycles. The zero-order valence-electron chi connectivity index (χ0n) is 10.7. The first-order chi connectivity index (χ1) is 8.81. The van der Waals surface area contributed by atoms with E-state index in [2.05, 4.69) is 10.6 Å². The molecule has 1 aliphatic heterocycles. The number of para-hydroxylation sites is 2. The van der Waals surface area contributed by atoms with Crippen LogP contribution in [-0.2, 0) is 4.79 Å². The Morgan fingerprint density at radius 3 is 3.00 bits per heavy atom. The topological polar surface area (TPSA) is 50.4 Å². The van der Waals surface area contributed by atoms with Crippen LogP contribution in [0.2, 0.25) is 0 Å².